The van der Waals surface area contributed by atoms with Crippen molar-refractivity contribution in [2.75, 3.05) is 9.80 Å². The van der Waals surface area contributed by atoms with Gasteiger partial charge >= 0.3 is 0 Å². The quantitative estimate of drug-likeness (QED) is 0.0964. The highest BCUT2D eigenvalue weighted by Gasteiger charge is 2.25. The Labute approximate surface area is 822 Å². The molecule has 0 saturated heterocycles. The van der Waals surface area contributed by atoms with Gasteiger partial charge in [0.15, 0.2) is 0 Å². The van der Waals surface area contributed by atoms with Crippen molar-refractivity contribution in [3.05, 3.63) is 546 Å². The van der Waals surface area contributed by atoms with Crippen molar-refractivity contribution in [3.8, 4) is 89.5 Å². The lowest BCUT2D eigenvalue weighted by Crippen LogP contribution is -2.10. The molecule has 6 nitrogen and oxygen atoms in total. The summed E-state index contributed by atoms with van der Waals surface area (Å²) in [5.74, 6) is 0. The van der Waals surface area contributed by atoms with Gasteiger partial charge in [-0.2, -0.15) is 0 Å². The maximum absolute atomic E-state index is 2.44. The maximum Gasteiger partial charge on any atom is 0.0619 e. The van der Waals surface area contributed by atoms with Gasteiger partial charge in [0.05, 0.1) is 49.8 Å². The number of hydrogen-bond acceptors (Lipinski definition) is 2. The molecule has 0 unspecified atom stereocenters. The second-order valence-electron chi connectivity index (χ2n) is 37.1. The number of nitrogens with zero attached hydrogens (tertiary/aromatic N) is 6. The lowest BCUT2D eigenvalue weighted by molar-refractivity contribution is 1.18. The van der Waals surface area contributed by atoms with E-state index < -0.39 is 0 Å². The van der Waals surface area contributed by atoms with E-state index in [1.54, 1.807) is 0 Å². The molecule has 0 aliphatic rings. The normalized spacial score (nSPS) is 11.7. The summed E-state index contributed by atoms with van der Waals surface area (Å²) in [7, 11) is 0. The van der Waals surface area contributed by atoms with E-state index in [0.29, 0.717) is 0 Å². The first-order chi connectivity index (χ1) is 70.4. The molecule has 664 valence electrons. The molecule has 0 amide bonds. The van der Waals surface area contributed by atoms with Gasteiger partial charge in [-0.15, -0.1) is 0 Å². The van der Waals surface area contributed by atoms with Crippen LogP contribution in [0, 0.1) is 0 Å². The van der Waals surface area contributed by atoms with Gasteiger partial charge in [-0.05, 0) is 306 Å². The number of hydrogen-bond donors (Lipinski definition) is 0. The average molecular weight is 1810 g/mol. The highest BCUT2D eigenvalue weighted by molar-refractivity contribution is 6.22. The van der Waals surface area contributed by atoms with E-state index in [1.165, 1.54) is 175 Å². The fourth-order valence-electron chi connectivity index (χ4n) is 22.2. The van der Waals surface area contributed by atoms with Crippen LogP contribution in [0.15, 0.2) is 546 Å². The van der Waals surface area contributed by atoms with Crippen molar-refractivity contribution >= 4 is 164 Å². The van der Waals surface area contributed by atoms with Crippen LogP contribution in [0.5, 0.6) is 0 Å². The van der Waals surface area contributed by atoms with Gasteiger partial charge in [-0.25, -0.2) is 0 Å². The molecule has 0 atom stereocenters. The predicted octanol–water partition coefficient (Wildman–Crippen LogP) is 37.3. The Morgan fingerprint density at radius 1 is 0.120 bits per heavy atom. The zero-order chi connectivity index (χ0) is 93.7. The molecule has 0 aliphatic heterocycles. The Morgan fingerprint density at radius 3 is 0.803 bits per heavy atom. The van der Waals surface area contributed by atoms with Crippen LogP contribution in [-0.4, -0.2) is 18.3 Å². The Hall–Kier alpha value is -18.9. The van der Waals surface area contributed by atoms with Gasteiger partial charge in [0.1, 0.15) is 0 Å². The molecule has 0 saturated carbocycles. The minimum atomic E-state index is 1.10. The zero-order valence-corrected chi connectivity index (χ0v) is 77.6. The number of para-hydroxylation sites is 8. The molecule has 0 fully saturated rings. The summed E-state index contributed by atoms with van der Waals surface area (Å²) in [4.78, 5) is 4.73. The summed E-state index contributed by atoms with van der Waals surface area (Å²) in [5.41, 5.74) is 34.9. The van der Waals surface area contributed by atoms with E-state index >= 15 is 0 Å². The summed E-state index contributed by atoms with van der Waals surface area (Å²) in [6.07, 6.45) is 0. The minimum absolute atomic E-state index is 1.10. The third-order valence-corrected chi connectivity index (χ3v) is 28.9. The summed E-state index contributed by atoms with van der Waals surface area (Å²) in [6, 6.07) is 200. The van der Waals surface area contributed by atoms with Crippen molar-refractivity contribution in [2.45, 2.75) is 0 Å². The van der Waals surface area contributed by atoms with Gasteiger partial charge in [-0.1, -0.05) is 334 Å². The van der Waals surface area contributed by atoms with Crippen LogP contribution in [0.1, 0.15) is 0 Å². The standard InChI is InChI=1S/2C68H45N3/c1-4-20-54(21-5-1)69(64-30-16-19-47-17-10-12-26-58(47)64)57-36-31-46(32-37-57)51-41-52(49-34-39-66-62(44-49)60-28-14-15-29-65(60)70(66)55-22-6-2-7-23-55)43-53(42-51)50-35-40-67-63(45-50)61-38-33-48-18-11-13-27-59(48)68(61)71(67)56-24-8-3-9-25-56;1-4-19-55(20-5-1)69(59-36-30-46-16-10-11-18-49(46)43-59)58-34-28-47(29-35-58)52-40-53(50-32-38-66-63(44-50)61-26-14-15-27-65(61)70(66)56-21-6-2-7-22-56)42-54(41-52)51-33-39-67-64(45-51)62-37-31-48-17-12-13-25-60(48)68(62)71(67)57-23-8-3-9-24-57/h2*1-45H. The first-order valence-corrected chi connectivity index (χ1v) is 48.8. The first kappa shape index (κ1) is 82.6. The molecular weight excluding hydrogens is 1720 g/mol. The summed E-state index contributed by atoms with van der Waals surface area (Å²) in [6.45, 7) is 0. The van der Waals surface area contributed by atoms with E-state index in [9.17, 15) is 0 Å². The lowest BCUT2D eigenvalue weighted by atomic mass is 9.92. The highest BCUT2D eigenvalue weighted by atomic mass is 15.1. The number of aromatic nitrogens is 4. The van der Waals surface area contributed by atoms with Crippen molar-refractivity contribution in [2.24, 2.45) is 0 Å². The van der Waals surface area contributed by atoms with E-state index in [0.717, 1.165) is 79.1 Å². The lowest BCUT2D eigenvalue weighted by Gasteiger charge is -2.27. The molecule has 28 aromatic rings. The number of benzene rings is 24. The van der Waals surface area contributed by atoms with Crippen LogP contribution >= 0.6 is 0 Å². The molecule has 24 aromatic carbocycles. The molecule has 0 N–H and O–H groups in total. The average Bonchev–Trinajstić information content (AvgIpc) is 1.53. The molecule has 0 bridgehead atoms. The van der Waals surface area contributed by atoms with Gasteiger partial charge in [0.25, 0.3) is 0 Å². The second-order valence-corrected chi connectivity index (χ2v) is 37.1. The molecule has 0 aliphatic carbocycles. The Bertz CT molecular complexity index is 9750. The summed E-state index contributed by atoms with van der Waals surface area (Å²) < 4.78 is 9.66. The van der Waals surface area contributed by atoms with Gasteiger partial charge in [0.2, 0.25) is 0 Å². The predicted molar refractivity (Wildman–Crippen MR) is 602 cm³/mol. The molecule has 142 heavy (non-hydrogen) atoms. The third kappa shape index (κ3) is 14.4. The monoisotopic (exact) mass is 1810 g/mol. The number of anilines is 6. The fourth-order valence-corrected chi connectivity index (χ4v) is 22.2. The molecule has 0 radical (unpaired) electrons. The van der Waals surface area contributed by atoms with Gasteiger partial charge in [-0.3, -0.25) is 0 Å². The summed E-state index contributed by atoms with van der Waals surface area (Å²) in [5, 5.41) is 19.7. The number of fused-ring (bicyclic) bond motifs is 18. The highest BCUT2D eigenvalue weighted by Crippen LogP contribution is 2.49. The molecule has 4 heterocycles. The SMILES string of the molecule is c1ccc(N(c2ccc(-c3cc(-c4ccc5c(c4)c4ccccc4n5-c4ccccc4)cc(-c4ccc5c(c4)c4ccc6ccccc6c4n5-c4ccccc4)c3)cc2)c2ccc3ccccc3c2)cc1.c1ccc(N(c2ccc(-c3cc(-c4ccc5c(c4)c4ccccc4n5-c4ccccc4)cc(-c4ccc5c(c4)c4ccc6ccccc6c4n5-c4ccccc4)c3)cc2)c2cccc3ccccc23)cc1. The summed E-state index contributed by atoms with van der Waals surface area (Å²) >= 11 is 0. The first-order valence-electron chi connectivity index (χ1n) is 48.8. The van der Waals surface area contributed by atoms with Crippen LogP contribution in [-0.2, 0) is 0 Å². The van der Waals surface area contributed by atoms with Crippen LogP contribution in [0.25, 0.3) is 220 Å². The molecule has 0 spiro atoms. The second kappa shape index (κ2) is 34.7. The minimum Gasteiger partial charge on any atom is -0.310 e. The van der Waals surface area contributed by atoms with E-state index in [2.05, 4.69) is 574 Å². The zero-order valence-electron chi connectivity index (χ0n) is 77.6. The molecule has 28 rings (SSSR count). The Balaban J connectivity index is 0.000000142. The Morgan fingerprint density at radius 2 is 0.387 bits per heavy atom. The van der Waals surface area contributed by atoms with Crippen molar-refractivity contribution in [3.63, 3.8) is 0 Å². The molecular formula is C136H90N6. The maximum atomic E-state index is 2.44. The Kier molecular flexibility index (Phi) is 20.2. The van der Waals surface area contributed by atoms with Crippen LogP contribution in [0.4, 0.5) is 34.1 Å². The van der Waals surface area contributed by atoms with Crippen molar-refractivity contribution < 1.29 is 0 Å². The van der Waals surface area contributed by atoms with Gasteiger partial charge < -0.3 is 28.1 Å². The van der Waals surface area contributed by atoms with Crippen LogP contribution in [0.3, 0.4) is 0 Å². The van der Waals surface area contributed by atoms with Crippen LogP contribution in [0.2, 0.25) is 0 Å². The third-order valence-electron chi connectivity index (χ3n) is 28.9. The fraction of sp³-hybridized carbons (Fsp3) is 0. The largest absolute Gasteiger partial charge is 0.310 e. The van der Waals surface area contributed by atoms with Crippen LogP contribution < -0.4 is 9.80 Å². The molecule has 6 heteroatoms. The van der Waals surface area contributed by atoms with Crippen molar-refractivity contribution in [1.29, 1.82) is 0 Å². The van der Waals surface area contributed by atoms with Gasteiger partial charge in [0, 0.05) is 110 Å². The number of rotatable bonds is 16. The van der Waals surface area contributed by atoms with Crippen molar-refractivity contribution in [1.82, 2.24) is 18.3 Å². The van der Waals surface area contributed by atoms with E-state index in [4.69, 9.17) is 0 Å². The van der Waals surface area contributed by atoms with E-state index in [1.807, 2.05) is 0 Å². The topological polar surface area (TPSA) is 26.2 Å². The smallest absolute Gasteiger partial charge is 0.0619 e. The van der Waals surface area contributed by atoms with E-state index in [-0.39, 0.29) is 0 Å². The molecule has 4 aromatic heterocycles.